The van der Waals surface area contributed by atoms with Crippen molar-refractivity contribution in [3.63, 3.8) is 0 Å². The molecule has 0 fully saturated rings. The van der Waals surface area contributed by atoms with Gasteiger partial charge in [-0.25, -0.2) is 4.79 Å². The highest BCUT2D eigenvalue weighted by Crippen LogP contribution is 2.14. The normalized spacial score (nSPS) is 17.3. The number of rotatable bonds is 13. The predicted molar refractivity (Wildman–Crippen MR) is 120 cm³/mol. The lowest BCUT2D eigenvalue weighted by atomic mass is 9.93. The SMILES string of the molecule is CCC(C)C(NC(=O)C(N)C(C)C)C(=O)NC(C(=O)NC(C(=O)O)C(C)C)C(C)CC. The van der Waals surface area contributed by atoms with Gasteiger partial charge in [-0.05, 0) is 23.7 Å². The van der Waals surface area contributed by atoms with Gasteiger partial charge >= 0.3 is 5.97 Å². The fourth-order valence-electron chi connectivity index (χ4n) is 2.96. The monoisotopic (exact) mass is 442 g/mol. The summed E-state index contributed by atoms with van der Waals surface area (Å²) in [6.45, 7) is 14.5. The summed E-state index contributed by atoms with van der Waals surface area (Å²) in [6.07, 6.45) is 1.22. The lowest BCUT2D eigenvalue weighted by Crippen LogP contribution is -2.60. The number of aliphatic carboxylic acids is 1. The van der Waals surface area contributed by atoms with E-state index in [-0.39, 0.29) is 23.7 Å². The number of hydrogen-bond donors (Lipinski definition) is 5. The third-order valence-corrected chi connectivity index (χ3v) is 5.84. The molecule has 0 saturated heterocycles. The van der Waals surface area contributed by atoms with Crippen molar-refractivity contribution in [1.29, 1.82) is 0 Å². The van der Waals surface area contributed by atoms with E-state index in [1.54, 1.807) is 20.8 Å². The molecule has 6 atom stereocenters. The van der Waals surface area contributed by atoms with Gasteiger partial charge in [0.2, 0.25) is 17.7 Å². The van der Waals surface area contributed by atoms with Gasteiger partial charge in [0.1, 0.15) is 18.1 Å². The summed E-state index contributed by atoms with van der Waals surface area (Å²) in [6, 6.07) is -3.61. The number of amides is 3. The molecular formula is C22H42N4O5. The molecule has 0 aliphatic rings. The van der Waals surface area contributed by atoms with Crippen LogP contribution in [0.5, 0.6) is 0 Å². The Morgan fingerprint density at radius 1 is 0.677 bits per heavy atom. The lowest BCUT2D eigenvalue weighted by molar-refractivity contribution is -0.144. The molecule has 9 heteroatoms. The number of carboxylic acids is 1. The molecule has 31 heavy (non-hydrogen) atoms. The van der Waals surface area contributed by atoms with E-state index in [9.17, 15) is 24.3 Å². The minimum atomic E-state index is -1.13. The molecule has 0 saturated carbocycles. The summed E-state index contributed by atoms with van der Waals surface area (Å²) in [5, 5.41) is 17.4. The van der Waals surface area contributed by atoms with Gasteiger partial charge in [-0.15, -0.1) is 0 Å². The molecule has 0 aliphatic carbocycles. The minimum Gasteiger partial charge on any atom is -0.480 e. The number of carbonyl (C=O) groups excluding carboxylic acids is 3. The van der Waals surface area contributed by atoms with Gasteiger partial charge in [0, 0.05) is 0 Å². The van der Waals surface area contributed by atoms with Crippen molar-refractivity contribution in [2.45, 2.75) is 92.4 Å². The van der Waals surface area contributed by atoms with Gasteiger partial charge in [0.05, 0.1) is 6.04 Å². The number of carboxylic acid groups (broad SMARTS) is 1. The van der Waals surface area contributed by atoms with Gasteiger partial charge in [0.15, 0.2) is 0 Å². The molecule has 0 rings (SSSR count). The van der Waals surface area contributed by atoms with E-state index >= 15 is 0 Å². The van der Waals surface area contributed by atoms with Gasteiger partial charge in [-0.1, -0.05) is 68.2 Å². The Balaban J connectivity index is 5.63. The Labute approximate surface area is 186 Å². The van der Waals surface area contributed by atoms with Crippen LogP contribution < -0.4 is 21.7 Å². The second-order valence-electron chi connectivity index (χ2n) is 9.08. The zero-order chi connectivity index (χ0) is 24.5. The number of nitrogens with one attached hydrogen (secondary N) is 3. The molecule has 0 bridgehead atoms. The molecule has 6 N–H and O–H groups in total. The van der Waals surface area contributed by atoms with Crippen molar-refractivity contribution in [1.82, 2.24) is 16.0 Å². The van der Waals surface area contributed by atoms with Crippen molar-refractivity contribution in [3.05, 3.63) is 0 Å². The topological polar surface area (TPSA) is 151 Å². The summed E-state index contributed by atoms with van der Waals surface area (Å²) < 4.78 is 0. The maximum atomic E-state index is 13.1. The van der Waals surface area contributed by atoms with Gasteiger partial charge in [-0.3, -0.25) is 14.4 Å². The van der Waals surface area contributed by atoms with Crippen LogP contribution in [0.4, 0.5) is 0 Å². The quantitative estimate of drug-likeness (QED) is 0.290. The highest BCUT2D eigenvalue weighted by Gasteiger charge is 2.35. The second kappa shape index (κ2) is 13.3. The molecule has 3 amide bonds. The second-order valence-corrected chi connectivity index (χ2v) is 9.08. The zero-order valence-electron chi connectivity index (χ0n) is 20.2. The molecule has 6 unspecified atom stereocenters. The summed E-state index contributed by atoms with van der Waals surface area (Å²) in [4.78, 5) is 49.9. The Kier molecular flexibility index (Phi) is 12.4. The predicted octanol–water partition coefficient (Wildman–Crippen LogP) is 1.26. The van der Waals surface area contributed by atoms with Crippen LogP contribution in [0.15, 0.2) is 0 Å². The third kappa shape index (κ3) is 8.85. The van der Waals surface area contributed by atoms with Gasteiger partial charge in [0.25, 0.3) is 0 Å². The fourth-order valence-corrected chi connectivity index (χ4v) is 2.96. The largest absolute Gasteiger partial charge is 0.480 e. The van der Waals surface area contributed by atoms with E-state index in [4.69, 9.17) is 5.73 Å². The molecule has 180 valence electrons. The molecule has 0 radical (unpaired) electrons. The molecule has 9 nitrogen and oxygen atoms in total. The van der Waals surface area contributed by atoms with Gasteiger partial charge < -0.3 is 26.8 Å². The molecular weight excluding hydrogens is 400 g/mol. The Morgan fingerprint density at radius 2 is 1.03 bits per heavy atom. The van der Waals surface area contributed by atoms with Crippen molar-refractivity contribution in [2.24, 2.45) is 29.4 Å². The molecule has 0 aromatic heterocycles. The highest BCUT2D eigenvalue weighted by atomic mass is 16.4. The van der Waals surface area contributed by atoms with Gasteiger partial charge in [-0.2, -0.15) is 0 Å². The van der Waals surface area contributed by atoms with E-state index in [0.717, 1.165) is 0 Å². The number of nitrogens with two attached hydrogens (primary N) is 1. The maximum Gasteiger partial charge on any atom is 0.326 e. The molecule has 0 aliphatic heterocycles. The Morgan fingerprint density at radius 3 is 1.32 bits per heavy atom. The van der Waals surface area contributed by atoms with E-state index in [1.165, 1.54) is 0 Å². The minimum absolute atomic E-state index is 0.0942. The van der Waals surface area contributed by atoms with Crippen LogP contribution in [0.3, 0.4) is 0 Å². The van der Waals surface area contributed by atoms with Crippen LogP contribution in [0.25, 0.3) is 0 Å². The van der Waals surface area contributed by atoms with E-state index < -0.39 is 47.9 Å². The molecule has 0 heterocycles. The van der Waals surface area contributed by atoms with Crippen LogP contribution >= 0.6 is 0 Å². The first-order chi connectivity index (χ1) is 14.3. The third-order valence-electron chi connectivity index (χ3n) is 5.84. The zero-order valence-corrected chi connectivity index (χ0v) is 20.2. The summed E-state index contributed by atoms with van der Waals surface area (Å²) >= 11 is 0. The summed E-state index contributed by atoms with van der Waals surface area (Å²) in [7, 11) is 0. The molecule has 0 aromatic carbocycles. The fraction of sp³-hybridized carbons (Fsp3) is 0.818. The molecule has 0 aromatic rings. The van der Waals surface area contributed by atoms with E-state index in [0.29, 0.717) is 12.8 Å². The smallest absolute Gasteiger partial charge is 0.326 e. The van der Waals surface area contributed by atoms with E-state index in [1.807, 2.05) is 34.6 Å². The van der Waals surface area contributed by atoms with E-state index in [2.05, 4.69) is 16.0 Å². The van der Waals surface area contributed by atoms with Crippen LogP contribution in [0, 0.1) is 23.7 Å². The lowest BCUT2D eigenvalue weighted by Gasteiger charge is -2.30. The average molecular weight is 443 g/mol. The number of carbonyl (C=O) groups is 4. The van der Waals surface area contributed by atoms with Crippen molar-refractivity contribution in [3.8, 4) is 0 Å². The maximum absolute atomic E-state index is 13.1. The first-order valence-electron chi connectivity index (χ1n) is 11.2. The van der Waals surface area contributed by atoms with Crippen LogP contribution in [-0.2, 0) is 19.2 Å². The van der Waals surface area contributed by atoms with Crippen LogP contribution in [0.1, 0.15) is 68.2 Å². The Bertz CT molecular complexity index is 623. The average Bonchev–Trinajstić information content (AvgIpc) is 2.70. The standard InChI is InChI=1S/C22H42N4O5/c1-9-13(7)17(25-19(27)15(23)11(3)4)21(29)26-18(14(8)10-2)20(28)24-16(12(5)6)22(30)31/h11-18H,9-10,23H2,1-8H3,(H,24,28)(H,25,27)(H,26,29)(H,30,31). The Hall–Kier alpha value is -2.16. The van der Waals surface area contributed by atoms with Crippen molar-refractivity contribution in [2.75, 3.05) is 0 Å². The first kappa shape index (κ1) is 28.8. The van der Waals surface area contributed by atoms with Crippen LogP contribution in [0.2, 0.25) is 0 Å². The number of hydrogen-bond acceptors (Lipinski definition) is 5. The van der Waals surface area contributed by atoms with Crippen molar-refractivity contribution >= 4 is 23.7 Å². The first-order valence-corrected chi connectivity index (χ1v) is 11.2. The van der Waals surface area contributed by atoms with Crippen LogP contribution in [-0.4, -0.2) is 53.0 Å². The highest BCUT2D eigenvalue weighted by molar-refractivity contribution is 5.94. The molecule has 0 spiro atoms. The summed E-state index contributed by atoms with van der Waals surface area (Å²) in [5.41, 5.74) is 5.92. The summed E-state index contributed by atoms with van der Waals surface area (Å²) in [5.74, 6) is -3.45. The van der Waals surface area contributed by atoms with Crippen molar-refractivity contribution < 1.29 is 24.3 Å².